The summed E-state index contributed by atoms with van der Waals surface area (Å²) in [5.41, 5.74) is 0.859. The molecule has 7 heteroatoms. The molecule has 0 saturated carbocycles. The second-order valence-electron chi connectivity index (χ2n) is 4.61. The largest absolute Gasteiger partial charge is 0.464 e. The van der Waals surface area contributed by atoms with E-state index in [9.17, 15) is 8.42 Å². The lowest BCUT2D eigenvalue weighted by Gasteiger charge is -2.36. The van der Waals surface area contributed by atoms with Crippen LogP contribution in [0.25, 0.3) is 6.08 Å². The summed E-state index contributed by atoms with van der Waals surface area (Å²) in [7, 11) is -3.38. The van der Waals surface area contributed by atoms with Crippen molar-refractivity contribution in [3.05, 3.63) is 52.9 Å². The summed E-state index contributed by atoms with van der Waals surface area (Å²) in [6, 6.07) is 9.34. The highest BCUT2D eigenvalue weighted by Crippen LogP contribution is 2.22. The van der Waals surface area contributed by atoms with Crippen molar-refractivity contribution in [3.8, 4) is 5.19 Å². The first-order valence-corrected chi connectivity index (χ1v) is 8.81. The van der Waals surface area contributed by atoms with Crippen LogP contribution in [0.1, 0.15) is 5.56 Å². The predicted octanol–water partition coefficient (Wildman–Crippen LogP) is 2.21. The maximum absolute atomic E-state index is 12.1. The van der Waals surface area contributed by atoms with Crippen molar-refractivity contribution in [2.24, 2.45) is 0 Å². The molecule has 0 spiro atoms. The minimum Gasteiger partial charge on any atom is -0.464 e. The summed E-state index contributed by atoms with van der Waals surface area (Å²) in [6.45, 7) is 0.724. The highest BCUT2D eigenvalue weighted by Gasteiger charge is 2.36. The summed E-state index contributed by atoms with van der Waals surface area (Å²) >= 11 is 1.40. The van der Waals surface area contributed by atoms with Gasteiger partial charge in [0.2, 0.25) is 10.0 Å². The Labute approximate surface area is 127 Å². The van der Waals surface area contributed by atoms with Crippen molar-refractivity contribution in [2.75, 3.05) is 13.1 Å². The van der Waals surface area contributed by atoms with Crippen LogP contribution in [0, 0.1) is 0 Å². The zero-order valence-electron chi connectivity index (χ0n) is 11.1. The highest BCUT2D eigenvalue weighted by atomic mass is 32.2. The highest BCUT2D eigenvalue weighted by molar-refractivity contribution is 7.92. The van der Waals surface area contributed by atoms with Crippen LogP contribution >= 0.6 is 11.3 Å². The Bertz CT molecular complexity index is 706. The molecule has 1 saturated heterocycles. The predicted molar refractivity (Wildman–Crippen MR) is 82.5 cm³/mol. The van der Waals surface area contributed by atoms with Gasteiger partial charge in [0, 0.05) is 17.0 Å². The SMILES string of the molecule is O=S(=O)(/C=C/c1ccccc1)N1CC(Oc2nccs2)C1. The molecule has 2 heterocycles. The van der Waals surface area contributed by atoms with E-state index in [0.717, 1.165) is 5.56 Å². The number of hydrogen-bond donors (Lipinski definition) is 0. The molecule has 0 unspecified atom stereocenters. The van der Waals surface area contributed by atoms with E-state index in [4.69, 9.17) is 4.74 Å². The van der Waals surface area contributed by atoms with E-state index in [2.05, 4.69) is 4.98 Å². The van der Waals surface area contributed by atoms with Crippen LogP contribution < -0.4 is 4.74 Å². The van der Waals surface area contributed by atoms with Crippen LogP contribution in [-0.4, -0.2) is 36.9 Å². The van der Waals surface area contributed by atoms with Crippen LogP contribution in [0.4, 0.5) is 0 Å². The molecular weight excluding hydrogens is 308 g/mol. The first-order chi connectivity index (χ1) is 10.1. The monoisotopic (exact) mass is 322 g/mol. The van der Waals surface area contributed by atoms with E-state index < -0.39 is 10.0 Å². The van der Waals surface area contributed by atoms with Gasteiger partial charge in [-0.3, -0.25) is 0 Å². The molecule has 1 aromatic carbocycles. The summed E-state index contributed by atoms with van der Waals surface area (Å²) in [4.78, 5) is 4.02. The van der Waals surface area contributed by atoms with E-state index in [1.54, 1.807) is 12.3 Å². The smallest absolute Gasteiger partial charge is 0.273 e. The number of nitrogens with zero attached hydrogens (tertiary/aromatic N) is 2. The number of aromatic nitrogens is 1. The lowest BCUT2D eigenvalue weighted by Crippen LogP contribution is -2.55. The van der Waals surface area contributed by atoms with Crippen molar-refractivity contribution in [1.82, 2.24) is 9.29 Å². The standard InChI is InChI=1S/C14H14N2O3S2/c17-21(18,9-6-12-4-2-1-3-5-12)16-10-13(11-16)19-14-15-7-8-20-14/h1-9,13H,10-11H2/b9-6+. The molecule has 0 bridgehead atoms. The lowest BCUT2D eigenvalue weighted by atomic mass is 10.2. The molecule has 1 aliphatic heterocycles. The fraction of sp³-hybridized carbons (Fsp3) is 0.214. The van der Waals surface area contributed by atoms with Crippen LogP contribution in [0.2, 0.25) is 0 Å². The molecule has 3 rings (SSSR count). The van der Waals surface area contributed by atoms with Gasteiger partial charge in [0.1, 0.15) is 6.10 Å². The van der Waals surface area contributed by atoms with E-state index in [-0.39, 0.29) is 6.10 Å². The fourth-order valence-corrected chi connectivity index (χ4v) is 3.71. The molecule has 2 aromatic rings. The number of rotatable bonds is 5. The van der Waals surface area contributed by atoms with Crippen molar-refractivity contribution in [2.45, 2.75) is 6.10 Å². The number of sulfonamides is 1. The van der Waals surface area contributed by atoms with E-state index in [0.29, 0.717) is 18.3 Å². The minimum absolute atomic E-state index is 0.115. The first-order valence-electron chi connectivity index (χ1n) is 6.43. The molecule has 110 valence electrons. The molecule has 21 heavy (non-hydrogen) atoms. The van der Waals surface area contributed by atoms with Crippen molar-refractivity contribution >= 4 is 27.4 Å². The zero-order valence-corrected chi connectivity index (χ0v) is 12.8. The molecule has 1 fully saturated rings. The molecule has 0 aliphatic carbocycles. The van der Waals surface area contributed by atoms with Gasteiger partial charge >= 0.3 is 0 Å². The summed E-state index contributed by atoms with van der Waals surface area (Å²) in [5.74, 6) is 0. The quantitative estimate of drug-likeness (QED) is 0.847. The molecule has 0 amide bonds. The number of hydrogen-bond acceptors (Lipinski definition) is 5. The van der Waals surface area contributed by atoms with E-state index in [1.807, 2.05) is 35.7 Å². The summed E-state index contributed by atoms with van der Waals surface area (Å²) in [5, 5.41) is 3.64. The third kappa shape index (κ3) is 3.49. The Balaban J connectivity index is 1.56. The summed E-state index contributed by atoms with van der Waals surface area (Å²) < 4.78 is 31.2. The Morgan fingerprint density at radius 2 is 2.05 bits per heavy atom. The van der Waals surface area contributed by atoms with Crippen LogP contribution in [0.15, 0.2) is 47.3 Å². The second-order valence-corrected chi connectivity index (χ2v) is 7.29. The van der Waals surface area contributed by atoms with Gasteiger partial charge in [0.25, 0.3) is 5.19 Å². The van der Waals surface area contributed by atoms with Gasteiger partial charge in [-0.1, -0.05) is 41.7 Å². The molecule has 0 N–H and O–H groups in total. The molecular formula is C14H14N2O3S2. The number of benzene rings is 1. The van der Waals surface area contributed by atoms with E-state index >= 15 is 0 Å². The van der Waals surface area contributed by atoms with Gasteiger partial charge in [0.05, 0.1) is 13.1 Å². The zero-order chi connectivity index (χ0) is 14.7. The minimum atomic E-state index is -3.38. The van der Waals surface area contributed by atoms with Gasteiger partial charge in [-0.15, -0.1) is 0 Å². The molecule has 0 atom stereocenters. The van der Waals surface area contributed by atoms with Gasteiger partial charge < -0.3 is 4.74 Å². The van der Waals surface area contributed by atoms with Crippen molar-refractivity contribution in [3.63, 3.8) is 0 Å². The molecule has 1 aromatic heterocycles. The second kappa shape index (κ2) is 5.97. The summed E-state index contributed by atoms with van der Waals surface area (Å²) in [6.07, 6.45) is 3.15. The molecule has 5 nitrogen and oxygen atoms in total. The van der Waals surface area contributed by atoms with Crippen LogP contribution in [-0.2, 0) is 10.0 Å². The average molecular weight is 322 g/mol. The van der Waals surface area contributed by atoms with Crippen LogP contribution in [0.3, 0.4) is 0 Å². The van der Waals surface area contributed by atoms with Crippen molar-refractivity contribution in [1.29, 1.82) is 0 Å². The maximum Gasteiger partial charge on any atom is 0.273 e. The third-order valence-corrected chi connectivity index (χ3v) is 5.24. The van der Waals surface area contributed by atoms with Gasteiger partial charge in [-0.2, -0.15) is 4.31 Å². The number of ether oxygens (including phenoxy) is 1. The van der Waals surface area contributed by atoms with Gasteiger partial charge in [0.15, 0.2) is 0 Å². The first kappa shape index (κ1) is 14.2. The van der Waals surface area contributed by atoms with Gasteiger partial charge in [-0.25, -0.2) is 13.4 Å². The topological polar surface area (TPSA) is 59.5 Å². The Morgan fingerprint density at radius 3 is 2.71 bits per heavy atom. The Morgan fingerprint density at radius 1 is 1.29 bits per heavy atom. The normalized spacial score (nSPS) is 17.0. The third-order valence-electron chi connectivity index (χ3n) is 3.08. The number of thiazole rings is 1. The van der Waals surface area contributed by atoms with Crippen LogP contribution in [0.5, 0.6) is 5.19 Å². The maximum atomic E-state index is 12.1. The molecule has 1 aliphatic rings. The van der Waals surface area contributed by atoms with Crippen molar-refractivity contribution < 1.29 is 13.2 Å². The van der Waals surface area contributed by atoms with E-state index in [1.165, 1.54) is 21.1 Å². The lowest BCUT2D eigenvalue weighted by molar-refractivity contribution is 0.0769. The fourth-order valence-electron chi connectivity index (χ4n) is 1.91. The van der Waals surface area contributed by atoms with Gasteiger partial charge in [-0.05, 0) is 11.6 Å². The average Bonchev–Trinajstić information content (AvgIpc) is 2.94. The molecule has 0 radical (unpaired) electrons. The Kier molecular flexibility index (Phi) is 4.05. The Hall–Kier alpha value is -1.70.